The molecule has 21 heavy (non-hydrogen) atoms. The van der Waals surface area contributed by atoms with Gasteiger partial charge in [-0.15, -0.1) is 0 Å². The summed E-state index contributed by atoms with van der Waals surface area (Å²) in [6, 6.07) is 7.82. The summed E-state index contributed by atoms with van der Waals surface area (Å²) in [4.78, 5) is 14.6. The Morgan fingerprint density at radius 1 is 1.33 bits per heavy atom. The van der Waals surface area contributed by atoms with Gasteiger partial charge in [-0.2, -0.15) is 0 Å². The smallest absolute Gasteiger partial charge is 0.260 e. The summed E-state index contributed by atoms with van der Waals surface area (Å²) in [7, 11) is 0. The second-order valence-corrected chi connectivity index (χ2v) is 6.02. The molecule has 0 saturated carbocycles. The largest absolute Gasteiger partial charge is 0.483 e. The predicted molar refractivity (Wildman–Crippen MR) is 87.4 cm³/mol. The molecular formula is C16H22N2O2S. The minimum atomic E-state index is 0.0208. The van der Waals surface area contributed by atoms with E-state index in [1.54, 1.807) is 12.1 Å². The zero-order valence-electron chi connectivity index (χ0n) is 12.5. The maximum atomic E-state index is 12.4. The van der Waals surface area contributed by atoms with Crippen LogP contribution in [0, 0.1) is 0 Å². The molecule has 0 unspecified atom stereocenters. The van der Waals surface area contributed by atoms with Gasteiger partial charge in [0.15, 0.2) is 6.61 Å². The number of hydrogen-bond donors (Lipinski definition) is 1. The first-order valence-corrected chi connectivity index (χ1v) is 7.74. The quantitative estimate of drug-likeness (QED) is 0.868. The maximum Gasteiger partial charge on any atom is 0.260 e. The molecule has 2 atom stereocenters. The Kier molecular flexibility index (Phi) is 5.17. The van der Waals surface area contributed by atoms with E-state index in [1.165, 1.54) is 6.42 Å². The van der Waals surface area contributed by atoms with E-state index in [-0.39, 0.29) is 29.6 Å². The summed E-state index contributed by atoms with van der Waals surface area (Å²) < 4.78 is 5.65. The van der Waals surface area contributed by atoms with Crippen molar-refractivity contribution in [3.8, 4) is 5.75 Å². The van der Waals surface area contributed by atoms with Gasteiger partial charge >= 0.3 is 0 Å². The molecule has 1 saturated heterocycles. The van der Waals surface area contributed by atoms with Crippen LogP contribution in [0.15, 0.2) is 24.3 Å². The molecule has 1 aromatic carbocycles. The zero-order valence-corrected chi connectivity index (χ0v) is 13.4. The second-order valence-electron chi connectivity index (χ2n) is 5.58. The minimum absolute atomic E-state index is 0.0208. The Bertz CT molecular complexity index is 523. The van der Waals surface area contributed by atoms with Gasteiger partial charge in [0.05, 0.1) is 5.56 Å². The van der Waals surface area contributed by atoms with Crippen LogP contribution >= 0.6 is 12.2 Å². The molecule has 114 valence electrons. The highest BCUT2D eigenvalue weighted by molar-refractivity contribution is 7.80. The highest BCUT2D eigenvalue weighted by atomic mass is 32.1. The van der Waals surface area contributed by atoms with Crippen molar-refractivity contribution in [1.82, 2.24) is 4.90 Å². The number of thiocarbonyl (C=S) groups is 1. The number of piperidine rings is 1. The first-order chi connectivity index (χ1) is 10.0. The summed E-state index contributed by atoms with van der Waals surface area (Å²) in [6.45, 7) is 4.21. The molecule has 1 heterocycles. The second kappa shape index (κ2) is 6.89. The fraction of sp³-hybridized carbons (Fsp3) is 0.500. The van der Waals surface area contributed by atoms with Crippen LogP contribution in [0.1, 0.15) is 38.7 Å². The number of benzene rings is 1. The number of nitrogens with zero attached hydrogens (tertiary/aromatic N) is 1. The van der Waals surface area contributed by atoms with Crippen molar-refractivity contribution in [2.24, 2.45) is 5.73 Å². The molecule has 4 nitrogen and oxygen atoms in total. The number of carbonyl (C=O) groups excluding carboxylic acids is 1. The van der Waals surface area contributed by atoms with Crippen LogP contribution in [-0.2, 0) is 4.79 Å². The van der Waals surface area contributed by atoms with Gasteiger partial charge in [0.2, 0.25) is 0 Å². The summed E-state index contributed by atoms with van der Waals surface area (Å²) in [5.41, 5.74) is 6.33. The molecular weight excluding hydrogens is 284 g/mol. The van der Waals surface area contributed by atoms with E-state index in [4.69, 9.17) is 22.7 Å². The third-order valence-electron chi connectivity index (χ3n) is 3.99. The van der Waals surface area contributed by atoms with Crippen molar-refractivity contribution in [2.75, 3.05) is 6.61 Å². The SMILES string of the molecule is C[C@@H]1CCC[C@H](C)N1C(=O)COc1ccccc1C(N)=S. The van der Waals surface area contributed by atoms with Crippen LogP contribution in [0.2, 0.25) is 0 Å². The number of nitrogens with two attached hydrogens (primary N) is 1. The molecule has 2 N–H and O–H groups in total. The van der Waals surface area contributed by atoms with Crippen LogP contribution in [-0.4, -0.2) is 34.5 Å². The van der Waals surface area contributed by atoms with E-state index in [9.17, 15) is 4.79 Å². The monoisotopic (exact) mass is 306 g/mol. The van der Waals surface area contributed by atoms with Gasteiger partial charge in [0.25, 0.3) is 5.91 Å². The van der Waals surface area contributed by atoms with Gasteiger partial charge in [-0.3, -0.25) is 4.79 Å². The molecule has 5 heteroatoms. The van der Waals surface area contributed by atoms with Crippen molar-refractivity contribution >= 4 is 23.1 Å². The normalized spacial score (nSPS) is 21.9. The van der Waals surface area contributed by atoms with Crippen LogP contribution in [0.3, 0.4) is 0 Å². The average Bonchev–Trinajstić information content (AvgIpc) is 2.45. The molecule has 1 fully saturated rings. The lowest BCUT2D eigenvalue weighted by Crippen LogP contribution is -2.49. The number of hydrogen-bond acceptors (Lipinski definition) is 3. The molecule has 0 bridgehead atoms. The van der Waals surface area contributed by atoms with Gasteiger partial charge < -0.3 is 15.4 Å². The molecule has 1 aromatic rings. The Morgan fingerprint density at radius 3 is 2.57 bits per heavy atom. The third-order valence-corrected chi connectivity index (χ3v) is 4.21. The molecule has 1 aliphatic rings. The number of rotatable bonds is 4. The lowest BCUT2D eigenvalue weighted by Gasteiger charge is -2.39. The van der Waals surface area contributed by atoms with Crippen molar-refractivity contribution < 1.29 is 9.53 Å². The Labute approximate surface area is 131 Å². The topological polar surface area (TPSA) is 55.6 Å². The van der Waals surface area contributed by atoms with Gasteiger partial charge in [-0.25, -0.2) is 0 Å². The van der Waals surface area contributed by atoms with E-state index >= 15 is 0 Å². The Morgan fingerprint density at radius 2 is 1.95 bits per heavy atom. The van der Waals surface area contributed by atoms with E-state index in [0.29, 0.717) is 11.3 Å². The minimum Gasteiger partial charge on any atom is -0.483 e. The number of ether oxygens (including phenoxy) is 1. The fourth-order valence-corrected chi connectivity index (χ4v) is 3.09. The molecule has 2 rings (SSSR count). The molecule has 0 spiro atoms. The summed E-state index contributed by atoms with van der Waals surface area (Å²) >= 11 is 4.99. The Balaban J connectivity index is 2.02. The molecule has 1 aliphatic heterocycles. The van der Waals surface area contributed by atoms with E-state index in [0.717, 1.165) is 12.8 Å². The zero-order chi connectivity index (χ0) is 15.4. The predicted octanol–water partition coefficient (Wildman–Crippen LogP) is 2.49. The van der Waals surface area contributed by atoms with Crippen molar-refractivity contribution in [3.63, 3.8) is 0 Å². The highest BCUT2D eigenvalue weighted by Crippen LogP contribution is 2.23. The van der Waals surface area contributed by atoms with E-state index in [1.807, 2.05) is 17.0 Å². The number of likely N-dealkylation sites (tertiary alicyclic amines) is 1. The molecule has 0 aliphatic carbocycles. The first-order valence-electron chi connectivity index (χ1n) is 7.33. The molecule has 0 radical (unpaired) electrons. The lowest BCUT2D eigenvalue weighted by molar-refractivity contribution is -0.139. The van der Waals surface area contributed by atoms with Gasteiger partial charge in [-0.05, 0) is 45.2 Å². The maximum absolute atomic E-state index is 12.4. The highest BCUT2D eigenvalue weighted by Gasteiger charge is 2.29. The fourth-order valence-electron chi connectivity index (χ4n) is 2.92. The van der Waals surface area contributed by atoms with Crippen LogP contribution in [0.5, 0.6) is 5.75 Å². The van der Waals surface area contributed by atoms with Gasteiger partial charge in [0.1, 0.15) is 10.7 Å². The van der Waals surface area contributed by atoms with Crippen molar-refractivity contribution in [2.45, 2.75) is 45.2 Å². The summed E-state index contributed by atoms with van der Waals surface area (Å²) in [6.07, 6.45) is 3.29. The third kappa shape index (κ3) is 3.73. The van der Waals surface area contributed by atoms with Crippen LogP contribution < -0.4 is 10.5 Å². The van der Waals surface area contributed by atoms with Gasteiger partial charge in [-0.1, -0.05) is 24.4 Å². The first kappa shape index (κ1) is 15.8. The van der Waals surface area contributed by atoms with Gasteiger partial charge in [0, 0.05) is 12.1 Å². The summed E-state index contributed by atoms with van der Waals surface area (Å²) in [5.74, 6) is 0.586. The average molecular weight is 306 g/mol. The van der Waals surface area contributed by atoms with Crippen molar-refractivity contribution in [1.29, 1.82) is 0 Å². The van der Waals surface area contributed by atoms with Crippen LogP contribution in [0.4, 0.5) is 0 Å². The van der Waals surface area contributed by atoms with E-state index in [2.05, 4.69) is 13.8 Å². The molecule has 0 aromatic heterocycles. The molecule has 1 amide bonds. The van der Waals surface area contributed by atoms with E-state index < -0.39 is 0 Å². The lowest BCUT2D eigenvalue weighted by atomic mass is 9.97. The number of para-hydroxylation sites is 1. The Hall–Kier alpha value is -1.62. The number of carbonyl (C=O) groups is 1. The van der Waals surface area contributed by atoms with Crippen molar-refractivity contribution in [3.05, 3.63) is 29.8 Å². The number of amides is 1. The van der Waals surface area contributed by atoms with Crippen LogP contribution in [0.25, 0.3) is 0 Å². The summed E-state index contributed by atoms with van der Waals surface area (Å²) in [5, 5.41) is 0. The standard InChI is InChI=1S/C16H22N2O2S/c1-11-6-5-7-12(2)18(11)15(19)10-20-14-9-4-3-8-13(14)16(17)21/h3-4,8-9,11-12H,5-7,10H2,1-2H3,(H2,17,21)/t11-,12+.